The van der Waals surface area contributed by atoms with Gasteiger partial charge in [-0.15, -0.1) is 0 Å². The van der Waals surface area contributed by atoms with Crippen LogP contribution in [0.5, 0.6) is 0 Å². The molecule has 2 heteroatoms. The minimum Gasteiger partial charge on any atom is -0.449 e. The molecule has 0 aromatic heterocycles. The summed E-state index contributed by atoms with van der Waals surface area (Å²) in [6, 6.07) is 33.7. The van der Waals surface area contributed by atoms with Crippen molar-refractivity contribution >= 4 is 49.1 Å². The maximum absolute atomic E-state index is 12.7. The first kappa shape index (κ1) is 21.7. The molecule has 0 fully saturated rings. The van der Waals surface area contributed by atoms with Crippen LogP contribution in [0.3, 0.4) is 0 Å². The van der Waals surface area contributed by atoms with Crippen LogP contribution in [-0.4, -0.2) is 5.97 Å². The Morgan fingerprint density at radius 1 is 0.706 bits per heavy atom. The van der Waals surface area contributed by atoms with Crippen molar-refractivity contribution in [2.24, 2.45) is 0 Å². The second-order valence-corrected chi connectivity index (χ2v) is 8.68. The quantitative estimate of drug-likeness (QED) is 0.155. The van der Waals surface area contributed by atoms with Crippen molar-refractivity contribution in [2.45, 2.75) is 20.5 Å². The Kier molecular flexibility index (Phi) is 5.30. The van der Waals surface area contributed by atoms with Crippen molar-refractivity contribution in [1.82, 2.24) is 0 Å². The number of esters is 1. The molecule has 0 saturated heterocycles. The standard InChI is InChI=1S/C31H22O2.CH4/c1-19(2)31(32)33-30(25-13-10-20-6-3-4-7-24(20)18-25)27-17-15-23-12-11-21-8-5-9-22-14-16-26(27)29(23)28(21)22;/h3-18,30H,1H2,2H3;1H4. The number of hydrogen-bond donors (Lipinski definition) is 0. The molecule has 2 nitrogen and oxygen atoms in total. The van der Waals surface area contributed by atoms with E-state index in [9.17, 15) is 4.79 Å². The maximum atomic E-state index is 12.7. The zero-order chi connectivity index (χ0) is 22.5. The van der Waals surface area contributed by atoms with Gasteiger partial charge in [0.2, 0.25) is 0 Å². The van der Waals surface area contributed by atoms with Crippen molar-refractivity contribution in [3.8, 4) is 0 Å². The molecule has 1 atom stereocenters. The van der Waals surface area contributed by atoms with E-state index < -0.39 is 6.10 Å². The van der Waals surface area contributed by atoms with Crippen LogP contribution in [0.4, 0.5) is 0 Å². The lowest BCUT2D eigenvalue weighted by Gasteiger charge is -2.22. The second kappa shape index (κ2) is 8.31. The Morgan fingerprint density at radius 3 is 2.03 bits per heavy atom. The fourth-order valence-electron chi connectivity index (χ4n) is 4.88. The highest BCUT2D eigenvalue weighted by atomic mass is 16.5. The third-order valence-electron chi connectivity index (χ3n) is 6.49. The molecule has 6 aromatic rings. The zero-order valence-electron chi connectivity index (χ0n) is 18.3. The number of carbonyl (C=O) groups excluding carboxylic acids is 1. The molecule has 0 aliphatic rings. The number of carbonyl (C=O) groups is 1. The predicted molar refractivity (Wildman–Crippen MR) is 144 cm³/mol. The summed E-state index contributed by atoms with van der Waals surface area (Å²) in [4.78, 5) is 12.7. The van der Waals surface area contributed by atoms with Crippen LogP contribution in [0.25, 0.3) is 43.1 Å². The smallest absolute Gasteiger partial charge is 0.334 e. The van der Waals surface area contributed by atoms with Crippen molar-refractivity contribution < 1.29 is 9.53 Å². The lowest BCUT2D eigenvalue weighted by molar-refractivity contribution is -0.142. The molecule has 0 radical (unpaired) electrons. The topological polar surface area (TPSA) is 26.3 Å². The number of rotatable bonds is 4. The van der Waals surface area contributed by atoms with Crippen molar-refractivity contribution in [1.29, 1.82) is 0 Å². The molecular weight excluding hydrogens is 416 g/mol. The van der Waals surface area contributed by atoms with Gasteiger partial charge in [-0.2, -0.15) is 0 Å². The summed E-state index contributed by atoms with van der Waals surface area (Å²) in [7, 11) is 0. The van der Waals surface area contributed by atoms with E-state index in [1.54, 1.807) is 6.92 Å². The number of benzene rings is 6. The molecule has 0 aliphatic heterocycles. The highest BCUT2D eigenvalue weighted by molar-refractivity contribution is 6.23. The molecule has 0 heterocycles. The molecule has 0 N–H and O–H groups in total. The van der Waals surface area contributed by atoms with Gasteiger partial charge in [-0.1, -0.05) is 105 Å². The number of ether oxygens (including phenoxy) is 1. The fourth-order valence-corrected chi connectivity index (χ4v) is 4.88. The van der Waals surface area contributed by atoms with Gasteiger partial charge in [0.1, 0.15) is 0 Å². The highest BCUT2D eigenvalue weighted by Crippen LogP contribution is 2.40. The Labute approximate surface area is 199 Å². The van der Waals surface area contributed by atoms with Gasteiger partial charge in [-0.05, 0) is 61.6 Å². The van der Waals surface area contributed by atoms with Crippen LogP contribution in [0.1, 0.15) is 31.6 Å². The highest BCUT2D eigenvalue weighted by Gasteiger charge is 2.23. The molecule has 1 unspecified atom stereocenters. The Balaban J connectivity index is 0.00000241. The Morgan fingerprint density at radius 2 is 1.29 bits per heavy atom. The SMILES string of the molecule is C.C=C(C)C(=O)OC(c1ccc2ccccc2c1)c1ccc2ccc3cccc4ccc1c2c34. The van der Waals surface area contributed by atoms with E-state index in [1.165, 1.54) is 26.9 Å². The van der Waals surface area contributed by atoms with Gasteiger partial charge in [0.05, 0.1) is 0 Å². The summed E-state index contributed by atoms with van der Waals surface area (Å²) in [5.74, 6) is -0.390. The van der Waals surface area contributed by atoms with E-state index in [1.807, 2.05) is 12.1 Å². The number of fused-ring (bicyclic) bond motifs is 1. The molecule has 0 bridgehead atoms. The molecule has 0 aliphatic carbocycles. The van der Waals surface area contributed by atoms with E-state index in [2.05, 4.69) is 91.5 Å². The van der Waals surface area contributed by atoms with Crippen LogP contribution >= 0.6 is 0 Å². The van der Waals surface area contributed by atoms with Gasteiger partial charge >= 0.3 is 5.97 Å². The van der Waals surface area contributed by atoms with Crippen LogP contribution in [0.15, 0.2) is 109 Å². The first-order valence-electron chi connectivity index (χ1n) is 11.1. The largest absolute Gasteiger partial charge is 0.449 e. The predicted octanol–water partition coefficient (Wildman–Crippen LogP) is 8.58. The van der Waals surface area contributed by atoms with E-state index in [0.29, 0.717) is 5.57 Å². The number of hydrogen-bond acceptors (Lipinski definition) is 2. The van der Waals surface area contributed by atoms with Gasteiger partial charge in [0.15, 0.2) is 6.10 Å². The van der Waals surface area contributed by atoms with Gasteiger partial charge in [-0.3, -0.25) is 0 Å². The van der Waals surface area contributed by atoms with Gasteiger partial charge < -0.3 is 4.74 Å². The first-order valence-corrected chi connectivity index (χ1v) is 11.1. The summed E-state index contributed by atoms with van der Waals surface area (Å²) in [6.45, 7) is 5.48. The summed E-state index contributed by atoms with van der Waals surface area (Å²) < 4.78 is 6.08. The van der Waals surface area contributed by atoms with Crippen molar-refractivity contribution in [3.63, 3.8) is 0 Å². The van der Waals surface area contributed by atoms with E-state index in [4.69, 9.17) is 4.74 Å². The molecule has 0 saturated carbocycles. The average Bonchev–Trinajstić information content (AvgIpc) is 2.85. The Bertz CT molecular complexity index is 1680. The van der Waals surface area contributed by atoms with E-state index in [0.717, 1.165) is 27.3 Å². The van der Waals surface area contributed by atoms with Crippen LogP contribution < -0.4 is 0 Å². The van der Waals surface area contributed by atoms with Crippen LogP contribution in [-0.2, 0) is 9.53 Å². The monoisotopic (exact) mass is 442 g/mol. The van der Waals surface area contributed by atoms with E-state index in [-0.39, 0.29) is 13.4 Å². The normalized spacial score (nSPS) is 12.1. The fraction of sp³-hybridized carbons (Fsp3) is 0.0938. The first-order chi connectivity index (χ1) is 16.1. The summed E-state index contributed by atoms with van der Waals surface area (Å²) in [5.41, 5.74) is 2.31. The van der Waals surface area contributed by atoms with Crippen LogP contribution in [0.2, 0.25) is 0 Å². The molecule has 0 amide bonds. The van der Waals surface area contributed by atoms with Gasteiger partial charge in [0, 0.05) is 11.1 Å². The minimum absolute atomic E-state index is 0. The summed E-state index contributed by atoms with van der Waals surface area (Å²) in [5, 5.41) is 9.43. The van der Waals surface area contributed by atoms with Crippen molar-refractivity contribution in [3.05, 3.63) is 120 Å². The third kappa shape index (κ3) is 3.39. The molecule has 166 valence electrons. The molecule has 34 heavy (non-hydrogen) atoms. The molecule has 0 spiro atoms. The molecule has 6 aromatic carbocycles. The third-order valence-corrected chi connectivity index (χ3v) is 6.49. The van der Waals surface area contributed by atoms with Crippen molar-refractivity contribution in [2.75, 3.05) is 0 Å². The van der Waals surface area contributed by atoms with Gasteiger partial charge in [0.25, 0.3) is 0 Å². The van der Waals surface area contributed by atoms with Gasteiger partial charge in [-0.25, -0.2) is 4.79 Å². The summed E-state index contributed by atoms with van der Waals surface area (Å²) in [6.07, 6.45) is -0.539. The average molecular weight is 443 g/mol. The lowest BCUT2D eigenvalue weighted by Crippen LogP contribution is -2.13. The Hall–Kier alpha value is -4.17. The maximum Gasteiger partial charge on any atom is 0.334 e. The van der Waals surface area contributed by atoms with Crippen LogP contribution in [0, 0.1) is 0 Å². The van der Waals surface area contributed by atoms with E-state index >= 15 is 0 Å². The lowest BCUT2D eigenvalue weighted by atomic mass is 9.88. The minimum atomic E-state index is -0.539. The molecule has 6 rings (SSSR count). The molecular formula is C32H26O2. The second-order valence-electron chi connectivity index (χ2n) is 8.68. The summed E-state index contributed by atoms with van der Waals surface area (Å²) >= 11 is 0. The zero-order valence-corrected chi connectivity index (χ0v) is 18.3.